The lowest BCUT2D eigenvalue weighted by molar-refractivity contribution is -0.145. The fourth-order valence-corrected chi connectivity index (χ4v) is 10.3. The molecule has 0 unspecified atom stereocenters. The number of alkyl halides is 1. The molecule has 1 aromatic carbocycles. The number of ketones is 1. The molecule has 4 heterocycles. The van der Waals surface area contributed by atoms with Crippen LogP contribution in [0, 0.1) is 0 Å². The van der Waals surface area contributed by atoms with Crippen LogP contribution >= 0.6 is 15.9 Å². The number of fused-ring (bicyclic) bond motifs is 1. The van der Waals surface area contributed by atoms with Gasteiger partial charge in [-0.05, 0) is 65.0 Å². The molecule has 91 heavy (non-hydrogen) atoms. The second-order valence-corrected chi connectivity index (χ2v) is 22.7. The van der Waals surface area contributed by atoms with E-state index in [1.54, 1.807) is 48.8 Å². The molecule has 0 bridgehead atoms. The minimum absolute atomic E-state index is 0.000266. The molecule has 1 saturated heterocycles. The Hall–Kier alpha value is -7.40. The van der Waals surface area contributed by atoms with E-state index < -0.39 is 41.9 Å². The third kappa shape index (κ3) is 28.8. The number of benzene rings is 1. The van der Waals surface area contributed by atoms with Crippen LogP contribution in [0.25, 0.3) is 22.0 Å². The maximum absolute atomic E-state index is 14.7. The Kier molecular flexibility index (Phi) is 34.8. The molecular weight excluding hydrogens is 1250 g/mol. The van der Waals surface area contributed by atoms with Crippen LogP contribution in [-0.2, 0) is 79.9 Å². The van der Waals surface area contributed by atoms with Gasteiger partial charge in [-0.15, -0.1) is 0 Å². The average molecular weight is 1340 g/mol. The zero-order chi connectivity index (χ0) is 65.6. The number of hydrogen-bond donors (Lipinski definition) is 5. The molecule has 1 aliphatic rings. The van der Waals surface area contributed by atoms with Crippen molar-refractivity contribution >= 4 is 85.8 Å². The van der Waals surface area contributed by atoms with Crippen molar-refractivity contribution in [1.82, 2.24) is 50.9 Å². The van der Waals surface area contributed by atoms with Crippen LogP contribution in [0.2, 0.25) is 0 Å². The summed E-state index contributed by atoms with van der Waals surface area (Å²) in [6.45, 7) is 1.78. The van der Waals surface area contributed by atoms with Crippen LogP contribution in [0.5, 0.6) is 0 Å². The molecule has 28 heteroatoms. The number of carbonyl (C=O) groups is 9. The molecule has 5 rings (SSSR count). The Balaban J connectivity index is 0.829. The number of carbonyl (C=O) groups excluding carboxylic acids is 9. The Morgan fingerprint density at radius 3 is 1.84 bits per heavy atom. The van der Waals surface area contributed by atoms with Crippen molar-refractivity contribution in [2.45, 2.75) is 160 Å². The molecule has 26 nitrogen and oxygen atoms in total. The smallest absolute Gasteiger partial charge is 0.328 e. The van der Waals surface area contributed by atoms with Crippen molar-refractivity contribution in [3.63, 3.8) is 0 Å². The third-order valence-corrected chi connectivity index (χ3v) is 15.2. The van der Waals surface area contributed by atoms with E-state index in [1.165, 1.54) is 82.1 Å². The fourth-order valence-electron chi connectivity index (χ4n) is 9.92. The number of methoxy groups -OCH3 is 2. The molecule has 4 aromatic rings. The van der Waals surface area contributed by atoms with Gasteiger partial charge in [0.1, 0.15) is 60.0 Å². The summed E-state index contributed by atoms with van der Waals surface area (Å²) >= 11 is 3.25. The number of unbranched alkanes of at least 4 members (excludes halogenated alkanes) is 13. The predicted molar refractivity (Wildman–Crippen MR) is 337 cm³/mol. The first-order valence-corrected chi connectivity index (χ1v) is 32.1. The van der Waals surface area contributed by atoms with Gasteiger partial charge in [0, 0.05) is 69.0 Å². The maximum atomic E-state index is 14.7. The zero-order valence-corrected chi connectivity index (χ0v) is 54.1. The summed E-state index contributed by atoms with van der Waals surface area (Å²) < 4.78 is 47.8. The van der Waals surface area contributed by atoms with Gasteiger partial charge in [-0.25, -0.2) is 24.1 Å². The van der Waals surface area contributed by atoms with Crippen molar-refractivity contribution < 1.29 is 76.0 Å². The lowest BCUT2D eigenvalue weighted by Crippen LogP contribution is -2.44. The van der Waals surface area contributed by atoms with Crippen LogP contribution in [0.1, 0.15) is 145 Å². The molecule has 6 amide bonds. The third-order valence-electron chi connectivity index (χ3n) is 14.8. The van der Waals surface area contributed by atoms with Crippen molar-refractivity contribution in [3.05, 3.63) is 64.9 Å². The second kappa shape index (κ2) is 42.6. The van der Waals surface area contributed by atoms with Crippen molar-refractivity contribution in [1.29, 1.82) is 0 Å². The number of aromatic nitrogens is 5. The highest BCUT2D eigenvalue weighted by atomic mass is 79.9. The fraction of sp³-hybridized carbons (Fsp3) is 0.603. The first-order chi connectivity index (χ1) is 44.0. The number of amides is 6. The van der Waals surface area contributed by atoms with Gasteiger partial charge in [0.25, 0.3) is 0 Å². The van der Waals surface area contributed by atoms with Gasteiger partial charge in [-0.2, -0.15) is 5.10 Å². The van der Waals surface area contributed by atoms with Crippen LogP contribution < -0.4 is 26.6 Å². The highest BCUT2D eigenvalue weighted by molar-refractivity contribution is 9.10. The molecular formula is C63H89BrFN11O15. The molecule has 0 radical (unpaired) electrons. The average Bonchev–Trinajstić information content (AvgIpc) is 1.79. The van der Waals surface area contributed by atoms with E-state index in [1.807, 2.05) is 0 Å². The van der Waals surface area contributed by atoms with E-state index in [-0.39, 0.29) is 146 Å². The van der Waals surface area contributed by atoms with Crippen LogP contribution in [0.15, 0.2) is 53.4 Å². The standard InChI is InChI=1S/C63H89BrFN11O15/c1-44(77)61-48-35-45(23-25-50(48)76(74-61)41-59(82)75-40-47(65)36-51(75)62(84)73-53-20-18-19-52(64)72-53)46-37-68-54(69-38-46)39-70-58(81)43-91-34-32-89-30-28-67-57(80)42-90-33-31-88-29-27-66-55(78)26-24-49(63(85)87-3)71-56(79)21-16-14-12-10-8-6-4-5-7-9-11-13-15-17-22-60(83)86-2/h18-20,23,25,35,37-38,47,49,51H,4-17,21-22,24,26-34,36,39-43H2,1-3H3,(H,66,78)(H,67,80)(H,70,81)(H,71,79)(H,72,73,84)/t47-,49+,51+/m1/s1. The van der Waals surface area contributed by atoms with Crippen LogP contribution in [0.4, 0.5) is 10.2 Å². The molecule has 1 fully saturated rings. The SMILES string of the molecule is COC(=O)CCCCCCCCCCCCCCCCC(=O)N[C@@H](CCC(=O)NCCOCCOCC(=O)NCCOCCOCC(=O)NCc1ncc(-c2ccc3c(c2)c(C(C)=O)nn3CC(=O)N2C[C@H](F)C[C@H]2C(=O)Nc2cccc(Br)n2)cn1)C(=O)OC. The number of nitrogens with one attached hydrogen (secondary N) is 5. The Morgan fingerprint density at radius 2 is 1.24 bits per heavy atom. The van der Waals surface area contributed by atoms with Gasteiger partial charge in [0.2, 0.25) is 35.4 Å². The number of nitrogens with zero attached hydrogens (tertiary/aromatic N) is 6. The lowest BCUT2D eigenvalue weighted by atomic mass is 10.0. The van der Waals surface area contributed by atoms with E-state index in [4.69, 9.17) is 23.7 Å². The van der Waals surface area contributed by atoms with E-state index in [0.29, 0.717) is 45.3 Å². The molecule has 1 aliphatic heterocycles. The normalized spacial score (nSPS) is 14.0. The van der Waals surface area contributed by atoms with Gasteiger partial charge in [-0.3, -0.25) is 43.0 Å². The Labute approximate surface area is 538 Å². The van der Waals surface area contributed by atoms with E-state index in [9.17, 15) is 47.5 Å². The summed E-state index contributed by atoms with van der Waals surface area (Å²) in [6, 6.07) is 8.13. The number of Topliss-reactive ketones (excluding diaryl/α,β-unsaturated/α-hetero) is 1. The monoisotopic (exact) mass is 1340 g/mol. The quantitative estimate of drug-likeness (QED) is 0.0142. The number of pyridine rings is 1. The number of hydrogen-bond acceptors (Lipinski definition) is 19. The number of likely N-dealkylation sites (tertiary alicyclic amines) is 1. The summed E-state index contributed by atoms with van der Waals surface area (Å²) in [5.74, 6) is -2.95. The van der Waals surface area contributed by atoms with Gasteiger partial charge in [0.15, 0.2) is 5.78 Å². The first-order valence-electron chi connectivity index (χ1n) is 31.3. The molecule has 3 atom stereocenters. The number of ether oxygens (including phenoxy) is 6. The second-order valence-electron chi connectivity index (χ2n) is 21.9. The highest BCUT2D eigenvalue weighted by Crippen LogP contribution is 2.28. The van der Waals surface area contributed by atoms with Gasteiger partial charge < -0.3 is 59.9 Å². The van der Waals surface area contributed by atoms with Crippen molar-refractivity contribution in [2.75, 3.05) is 92.0 Å². The molecule has 0 spiro atoms. The summed E-state index contributed by atoms with van der Waals surface area (Å²) in [7, 11) is 2.66. The Morgan fingerprint density at radius 1 is 0.659 bits per heavy atom. The number of anilines is 1. The predicted octanol–water partition coefficient (Wildman–Crippen LogP) is 6.20. The van der Waals surface area contributed by atoms with E-state index >= 15 is 0 Å². The molecule has 0 saturated carbocycles. The van der Waals surface area contributed by atoms with Crippen molar-refractivity contribution in [3.8, 4) is 11.1 Å². The van der Waals surface area contributed by atoms with E-state index in [0.717, 1.165) is 38.5 Å². The maximum Gasteiger partial charge on any atom is 0.328 e. The van der Waals surface area contributed by atoms with Crippen molar-refractivity contribution in [2.24, 2.45) is 0 Å². The van der Waals surface area contributed by atoms with Gasteiger partial charge >= 0.3 is 11.9 Å². The van der Waals surface area contributed by atoms with Gasteiger partial charge in [-0.1, -0.05) is 89.2 Å². The summed E-state index contributed by atoms with van der Waals surface area (Å²) in [5.41, 5.74) is 1.85. The van der Waals surface area contributed by atoms with Crippen LogP contribution in [0.3, 0.4) is 0 Å². The first kappa shape index (κ1) is 74.3. The highest BCUT2D eigenvalue weighted by Gasteiger charge is 2.40. The number of rotatable bonds is 46. The lowest BCUT2D eigenvalue weighted by Gasteiger charge is -2.23. The summed E-state index contributed by atoms with van der Waals surface area (Å²) in [6.07, 6.45) is 18.0. The molecule has 3 aromatic heterocycles. The molecule has 5 N–H and O–H groups in total. The topological polar surface area (TPSA) is 329 Å². The molecule has 0 aliphatic carbocycles. The minimum atomic E-state index is -1.41. The largest absolute Gasteiger partial charge is 0.469 e. The Bertz CT molecular complexity index is 2960. The van der Waals surface area contributed by atoms with Gasteiger partial charge in [0.05, 0.1) is 72.5 Å². The number of esters is 2. The summed E-state index contributed by atoms with van der Waals surface area (Å²) in [5, 5.41) is 18.3. The van der Waals surface area contributed by atoms with E-state index in [2.05, 4.69) is 67.3 Å². The minimum Gasteiger partial charge on any atom is -0.469 e. The number of halogens is 2. The zero-order valence-electron chi connectivity index (χ0n) is 52.5. The summed E-state index contributed by atoms with van der Waals surface area (Å²) in [4.78, 5) is 127. The van der Waals surface area contributed by atoms with Crippen LogP contribution in [-0.4, -0.2) is 188 Å². The molecule has 500 valence electrons.